The van der Waals surface area contributed by atoms with Crippen LogP contribution in [0.15, 0.2) is 54.6 Å². The van der Waals surface area contributed by atoms with Crippen molar-refractivity contribution in [2.45, 2.75) is 26.7 Å². The monoisotopic (exact) mass is 459 g/mol. The number of aromatic nitrogens is 1. The number of nitrogens with two attached hydrogens (primary N) is 1. The Balaban J connectivity index is 1.73. The molecule has 3 N–H and O–H groups in total. The van der Waals surface area contributed by atoms with Crippen LogP contribution in [-0.2, 0) is 6.42 Å². The van der Waals surface area contributed by atoms with Gasteiger partial charge in [0.2, 0.25) is 0 Å². The largest absolute Gasteiger partial charge is 0.397 e. The predicted octanol–water partition coefficient (Wildman–Crippen LogP) is 6.09. The molecule has 0 atom stereocenters. The molecule has 1 aliphatic rings. The van der Waals surface area contributed by atoms with Crippen molar-refractivity contribution in [1.29, 1.82) is 0 Å². The lowest BCUT2D eigenvalue weighted by Crippen LogP contribution is -2.28. The molecule has 4 aromatic rings. The number of nitrogens with one attached hydrogen (secondary N) is 1. The van der Waals surface area contributed by atoms with Gasteiger partial charge in [-0.3, -0.25) is 9.59 Å². The van der Waals surface area contributed by atoms with Crippen molar-refractivity contribution in [3.05, 3.63) is 76.5 Å². The first-order valence-electron chi connectivity index (χ1n) is 10.6. The normalized spacial score (nSPS) is 14.8. The van der Waals surface area contributed by atoms with E-state index < -0.39 is 11.7 Å². The van der Waals surface area contributed by atoms with Gasteiger partial charge in [0.05, 0.1) is 17.1 Å². The molecular formula is C26H22FN3O2S. The van der Waals surface area contributed by atoms with Gasteiger partial charge in [0.15, 0.2) is 5.78 Å². The first-order valence-corrected chi connectivity index (χ1v) is 11.5. The smallest absolute Gasteiger partial charge is 0.268 e. The third kappa shape index (κ3) is 3.68. The van der Waals surface area contributed by atoms with Gasteiger partial charge in [0.1, 0.15) is 15.5 Å². The highest BCUT2D eigenvalue weighted by molar-refractivity contribution is 7.21. The molecule has 0 saturated carbocycles. The number of hydrogen-bond acceptors (Lipinski definition) is 5. The number of amides is 1. The number of halogens is 1. The number of nitrogen functional groups attached to an aromatic ring is 1. The number of carbonyl (C=O) groups is 2. The van der Waals surface area contributed by atoms with Crippen molar-refractivity contribution < 1.29 is 14.0 Å². The zero-order valence-corrected chi connectivity index (χ0v) is 19.1. The number of thiophene rings is 1. The van der Waals surface area contributed by atoms with Crippen LogP contribution in [0.4, 0.5) is 15.8 Å². The van der Waals surface area contributed by atoms with Gasteiger partial charge in [0, 0.05) is 22.9 Å². The summed E-state index contributed by atoms with van der Waals surface area (Å²) in [5.74, 6) is -1.02. The number of fused-ring (bicyclic) bond motifs is 2. The van der Waals surface area contributed by atoms with Crippen molar-refractivity contribution in [3.63, 3.8) is 0 Å². The molecule has 33 heavy (non-hydrogen) atoms. The molecule has 166 valence electrons. The first kappa shape index (κ1) is 21.3. The Hall–Kier alpha value is -3.58. The zero-order chi connectivity index (χ0) is 23.3. The quantitative estimate of drug-likeness (QED) is 0.388. The maximum Gasteiger partial charge on any atom is 0.268 e. The van der Waals surface area contributed by atoms with Crippen molar-refractivity contribution >= 4 is 44.6 Å². The van der Waals surface area contributed by atoms with Gasteiger partial charge in [0.25, 0.3) is 5.91 Å². The maximum absolute atomic E-state index is 14.1. The number of pyridine rings is 1. The van der Waals surface area contributed by atoms with Crippen LogP contribution in [-0.4, -0.2) is 16.7 Å². The van der Waals surface area contributed by atoms with E-state index in [0.717, 1.165) is 28.2 Å². The van der Waals surface area contributed by atoms with E-state index >= 15 is 0 Å². The third-order valence-corrected chi connectivity index (χ3v) is 7.00. The zero-order valence-electron chi connectivity index (χ0n) is 18.2. The lowest BCUT2D eigenvalue weighted by Gasteiger charge is -2.30. The number of Topliss-reactive ketones (excluding diaryl/α,β-unsaturated/α-hetero) is 1. The van der Waals surface area contributed by atoms with Crippen LogP contribution in [0, 0.1) is 11.2 Å². The topological polar surface area (TPSA) is 85.1 Å². The van der Waals surface area contributed by atoms with E-state index in [1.165, 1.54) is 12.1 Å². The summed E-state index contributed by atoms with van der Waals surface area (Å²) in [6, 6.07) is 15.5. The fraction of sp³-hybridized carbons (Fsp3) is 0.192. The average molecular weight is 460 g/mol. The first-order chi connectivity index (χ1) is 15.7. The van der Waals surface area contributed by atoms with Crippen LogP contribution in [0.1, 0.15) is 46.0 Å². The SMILES string of the molecule is CC1(C)CC(=O)c2c(nc3sc(C(=O)Nc4ccccc4F)c(N)c3c2-c2ccccc2)C1. The summed E-state index contributed by atoms with van der Waals surface area (Å²) in [5, 5.41) is 3.19. The van der Waals surface area contributed by atoms with E-state index in [1.54, 1.807) is 12.1 Å². The van der Waals surface area contributed by atoms with Crippen LogP contribution < -0.4 is 11.1 Å². The minimum Gasteiger partial charge on any atom is -0.397 e. The second-order valence-corrected chi connectivity index (χ2v) is 10.1. The van der Waals surface area contributed by atoms with Crippen LogP contribution in [0.5, 0.6) is 0 Å². The highest BCUT2D eigenvalue weighted by Gasteiger charge is 2.36. The average Bonchev–Trinajstić information content (AvgIpc) is 3.10. The molecule has 5 nitrogen and oxygen atoms in total. The van der Waals surface area contributed by atoms with Crippen molar-refractivity contribution in [2.24, 2.45) is 5.41 Å². The fourth-order valence-electron chi connectivity index (χ4n) is 4.47. The van der Waals surface area contributed by atoms with Crippen molar-refractivity contribution in [1.82, 2.24) is 4.98 Å². The molecular weight excluding hydrogens is 437 g/mol. The molecule has 5 rings (SSSR count). The summed E-state index contributed by atoms with van der Waals surface area (Å²) in [6.07, 6.45) is 1.07. The van der Waals surface area contributed by atoms with Crippen LogP contribution in [0.2, 0.25) is 0 Å². The molecule has 2 heterocycles. The molecule has 0 saturated heterocycles. The third-order valence-electron chi connectivity index (χ3n) is 5.91. The Morgan fingerprint density at radius 2 is 1.76 bits per heavy atom. The standard InChI is InChI=1S/C26H22FN3O2S/c1-26(2)12-17-20(18(31)13-26)19(14-8-4-3-5-9-14)21-22(28)23(33-25(21)30-17)24(32)29-16-11-7-6-10-15(16)27/h3-11H,12-13,28H2,1-2H3,(H,29,32). The lowest BCUT2D eigenvalue weighted by molar-refractivity contribution is 0.0911. The Morgan fingerprint density at radius 1 is 1.06 bits per heavy atom. The number of nitrogens with zero attached hydrogens (tertiary/aromatic N) is 1. The Kier molecular flexibility index (Phi) is 5.01. The summed E-state index contributed by atoms with van der Waals surface area (Å²) in [5.41, 5.74) is 9.50. The van der Waals surface area contributed by atoms with Gasteiger partial charge in [-0.15, -0.1) is 11.3 Å². The van der Waals surface area contributed by atoms with E-state index in [4.69, 9.17) is 10.7 Å². The Labute approximate surface area is 194 Å². The molecule has 2 aromatic carbocycles. The maximum atomic E-state index is 14.1. The number of carbonyl (C=O) groups excluding carboxylic acids is 2. The fourth-order valence-corrected chi connectivity index (χ4v) is 5.49. The van der Waals surface area contributed by atoms with Crippen molar-refractivity contribution in [2.75, 3.05) is 11.1 Å². The van der Waals surface area contributed by atoms with Crippen molar-refractivity contribution in [3.8, 4) is 11.1 Å². The number of anilines is 2. The van der Waals surface area contributed by atoms with Crippen LogP contribution in [0.25, 0.3) is 21.3 Å². The lowest BCUT2D eigenvalue weighted by atomic mass is 9.73. The molecule has 1 aliphatic carbocycles. The molecule has 0 fully saturated rings. The minimum atomic E-state index is -0.531. The minimum absolute atomic E-state index is 0.0254. The highest BCUT2D eigenvalue weighted by Crippen LogP contribution is 2.46. The van der Waals surface area contributed by atoms with E-state index in [0.29, 0.717) is 28.6 Å². The summed E-state index contributed by atoms with van der Waals surface area (Å²) >= 11 is 1.16. The molecule has 2 aromatic heterocycles. The van der Waals surface area contributed by atoms with Gasteiger partial charge < -0.3 is 11.1 Å². The van der Waals surface area contributed by atoms with Crippen LogP contribution in [0.3, 0.4) is 0 Å². The van der Waals surface area contributed by atoms with E-state index in [2.05, 4.69) is 19.2 Å². The summed E-state index contributed by atoms with van der Waals surface area (Å²) in [6.45, 7) is 4.11. The highest BCUT2D eigenvalue weighted by atomic mass is 32.1. The molecule has 0 aliphatic heterocycles. The number of rotatable bonds is 3. The summed E-state index contributed by atoms with van der Waals surface area (Å²) in [4.78, 5) is 32.0. The van der Waals surface area contributed by atoms with E-state index in [-0.39, 0.29) is 27.5 Å². The number of benzene rings is 2. The Morgan fingerprint density at radius 3 is 2.48 bits per heavy atom. The van der Waals surface area contributed by atoms with E-state index in [9.17, 15) is 14.0 Å². The van der Waals surface area contributed by atoms with Gasteiger partial charge in [-0.1, -0.05) is 56.3 Å². The van der Waals surface area contributed by atoms with Gasteiger partial charge in [-0.05, 0) is 29.5 Å². The second kappa shape index (κ2) is 7.78. The van der Waals surface area contributed by atoms with Gasteiger partial charge in [-0.2, -0.15) is 0 Å². The number of ketones is 1. The molecule has 0 spiro atoms. The second-order valence-electron chi connectivity index (χ2n) is 9.07. The predicted molar refractivity (Wildman–Crippen MR) is 130 cm³/mol. The summed E-state index contributed by atoms with van der Waals surface area (Å²) < 4.78 is 14.1. The molecule has 0 bridgehead atoms. The van der Waals surface area contributed by atoms with Gasteiger partial charge in [-0.25, -0.2) is 9.37 Å². The van der Waals surface area contributed by atoms with Gasteiger partial charge >= 0.3 is 0 Å². The molecule has 7 heteroatoms. The number of para-hydroxylation sites is 1. The Bertz CT molecular complexity index is 1430. The molecule has 0 radical (unpaired) electrons. The summed E-state index contributed by atoms with van der Waals surface area (Å²) in [7, 11) is 0. The molecule has 0 unspecified atom stereocenters. The number of hydrogen-bond donors (Lipinski definition) is 2. The molecule has 1 amide bonds. The van der Waals surface area contributed by atoms with Crippen LogP contribution >= 0.6 is 11.3 Å². The van der Waals surface area contributed by atoms with E-state index in [1.807, 2.05) is 30.3 Å².